The summed E-state index contributed by atoms with van der Waals surface area (Å²) >= 11 is 0. The Morgan fingerprint density at radius 1 is 1.40 bits per heavy atom. The number of phenolic OH excluding ortho intramolecular Hbond substituents is 1. The lowest BCUT2D eigenvalue weighted by Crippen LogP contribution is -2.21. The highest BCUT2D eigenvalue weighted by atomic mass is 16.3. The van der Waals surface area contributed by atoms with Crippen molar-refractivity contribution in [2.75, 3.05) is 6.54 Å². The molecule has 0 radical (unpaired) electrons. The summed E-state index contributed by atoms with van der Waals surface area (Å²) in [6, 6.07) is 5.50. The fourth-order valence-corrected chi connectivity index (χ4v) is 1.70. The number of hydrogen-bond donors (Lipinski definition) is 3. The molecule has 1 aromatic rings. The van der Waals surface area contributed by atoms with Gasteiger partial charge in [0.05, 0.1) is 6.10 Å². The molecule has 2 atom stereocenters. The van der Waals surface area contributed by atoms with Crippen LogP contribution in [-0.4, -0.2) is 22.9 Å². The molecule has 4 N–H and O–H groups in total. The lowest BCUT2D eigenvalue weighted by atomic mass is 9.93. The van der Waals surface area contributed by atoms with Crippen LogP contribution in [0.25, 0.3) is 0 Å². The Morgan fingerprint density at radius 2 is 2.07 bits per heavy atom. The predicted octanol–water partition coefficient (Wildman–Crippen LogP) is 1.51. The van der Waals surface area contributed by atoms with Crippen LogP contribution in [0, 0.1) is 6.92 Å². The number of rotatable bonds is 4. The van der Waals surface area contributed by atoms with E-state index in [0.29, 0.717) is 6.42 Å². The van der Waals surface area contributed by atoms with E-state index in [9.17, 15) is 10.2 Å². The van der Waals surface area contributed by atoms with Crippen LogP contribution >= 0.6 is 0 Å². The molecule has 2 unspecified atom stereocenters. The third-order valence-electron chi connectivity index (χ3n) is 2.61. The molecule has 0 fully saturated rings. The Kier molecular flexibility index (Phi) is 4.12. The molecule has 0 saturated carbocycles. The van der Waals surface area contributed by atoms with Gasteiger partial charge in [0, 0.05) is 6.54 Å². The van der Waals surface area contributed by atoms with Crippen LogP contribution in [0.2, 0.25) is 0 Å². The average molecular weight is 209 g/mol. The molecule has 0 bridgehead atoms. The van der Waals surface area contributed by atoms with E-state index < -0.39 is 6.10 Å². The lowest BCUT2D eigenvalue weighted by Gasteiger charge is -2.17. The number of aliphatic hydroxyl groups excluding tert-OH is 1. The maximum Gasteiger partial charge on any atom is 0.119 e. The molecule has 0 amide bonds. The molecule has 15 heavy (non-hydrogen) atoms. The van der Waals surface area contributed by atoms with Crippen molar-refractivity contribution in [3.63, 3.8) is 0 Å². The van der Waals surface area contributed by atoms with Crippen LogP contribution in [0.1, 0.15) is 30.4 Å². The summed E-state index contributed by atoms with van der Waals surface area (Å²) in [5.41, 5.74) is 7.34. The smallest absolute Gasteiger partial charge is 0.119 e. The summed E-state index contributed by atoms with van der Waals surface area (Å²) in [6.45, 7) is 4.22. The van der Waals surface area contributed by atoms with E-state index in [1.807, 2.05) is 26.0 Å². The number of aromatic hydroxyl groups is 1. The second-order valence-electron chi connectivity index (χ2n) is 4.09. The van der Waals surface area contributed by atoms with Crippen molar-refractivity contribution in [2.45, 2.75) is 32.3 Å². The number of nitrogens with two attached hydrogens (primary N) is 1. The molecule has 84 valence electrons. The molecule has 0 aliphatic heterocycles. The van der Waals surface area contributed by atoms with E-state index in [2.05, 4.69) is 0 Å². The maximum absolute atomic E-state index is 9.68. The van der Waals surface area contributed by atoms with E-state index in [1.54, 1.807) is 6.07 Å². The van der Waals surface area contributed by atoms with Gasteiger partial charge in [-0.25, -0.2) is 0 Å². The monoisotopic (exact) mass is 209 g/mol. The zero-order valence-electron chi connectivity index (χ0n) is 9.27. The molecule has 0 aliphatic carbocycles. The van der Waals surface area contributed by atoms with Crippen LogP contribution in [-0.2, 0) is 0 Å². The first-order chi connectivity index (χ1) is 7.04. The zero-order chi connectivity index (χ0) is 11.4. The minimum Gasteiger partial charge on any atom is -0.508 e. The first kappa shape index (κ1) is 12.0. The van der Waals surface area contributed by atoms with E-state index in [1.165, 1.54) is 0 Å². The molecule has 3 heteroatoms. The summed E-state index contributed by atoms with van der Waals surface area (Å²) in [7, 11) is 0. The predicted molar refractivity (Wildman–Crippen MR) is 60.9 cm³/mol. The Bertz CT molecular complexity index is 325. The lowest BCUT2D eigenvalue weighted by molar-refractivity contribution is 0.164. The molecule has 3 nitrogen and oxygen atoms in total. The normalized spacial score (nSPS) is 14.9. The van der Waals surface area contributed by atoms with Gasteiger partial charge in [-0.2, -0.15) is 0 Å². The van der Waals surface area contributed by atoms with Crippen molar-refractivity contribution in [3.05, 3.63) is 29.3 Å². The topological polar surface area (TPSA) is 66.5 Å². The van der Waals surface area contributed by atoms with Gasteiger partial charge in [-0.15, -0.1) is 0 Å². The molecule has 0 aromatic heterocycles. The third kappa shape index (κ3) is 3.22. The quantitative estimate of drug-likeness (QED) is 0.704. The van der Waals surface area contributed by atoms with Gasteiger partial charge < -0.3 is 15.9 Å². The Labute approximate surface area is 90.5 Å². The van der Waals surface area contributed by atoms with Crippen LogP contribution in [0.4, 0.5) is 0 Å². The van der Waals surface area contributed by atoms with Crippen LogP contribution < -0.4 is 5.73 Å². The largest absolute Gasteiger partial charge is 0.508 e. The van der Waals surface area contributed by atoms with E-state index >= 15 is 0 Å². The molecular weight excluding hydrogens is 190 g/mol. The first-order valence-electron chi connectivity index (χ1n) is 5.22. The molecule has 1 aromatic carbocycles. The van der Waals surface area contributed by atoms with Gasteiger partial charge in [0.1, 0.15) is 5.75 Å². The SMILES string of the molecule is Cc1ccc(O)c(C(C)CC(O)CN)c1. The third-order valence-corrected chi connectivity index (χ3v) is 2.61. The molecule has 0 spiro atoms. The molecule has 0 aliphatic rings. The van der Waals surface area contributed by atoms with Crippen LogP contribution in [0.3, 0.4) is 0 Å². The highest BCUT2D eigenvalue weighted by molar-refractivity contribution is 5.38. The first-order valence-corrected chi connectivity index (χ1v) is 5.22. The fourth-order valence-electron chi connectivity index (χ4n) is 1.70. The Morgan fingerprint density at radius 3 is 2.67 bits per heavy atom. The fraction of sp³-hybridized carbons (Fsp3) is 0.500. The van der Waals surface area contributed by atoms with Crippen molar-refractivity contribution in [2.24, 2.45) is 5.73 Å². The highest BCUT2D eigenvalue weighted by Gasteiger charge is 2.14. The zero-order valence-corrected chi connectivity index (χ0v) is 9.27. The second-order valence-corrected chi connectivity index (χ2v) is 4.09. The maximum atomic E-state index is 9.68. The summed E-state index contributed by atoms with van der Waals surface area (Å²) in [6.07, 6.45) is 0.0768. The number of aliphatic hydroxyl groups is 1. The number of hydrogen-bond acceptors (Lipinski definition) is 3. The van der Waals surface area contributed by atoms with Crippen molar-refractivity contribution in [1.29, 1.82) is 0 Å². The van der Waals surface area contributed by atoms with Gasteiger partial charge in [0.2, 0.25) is 0 Å². The molecule has 1 rings (SSSR count). The van der Waals surface area contributed by atoms with Crippen molar-refractivity contribution in [1.82, 2.24) is 0 Å². The number of benzene rings is 1. The van der Waals surface area contributed by atoms with Gasteiger partial charge in [-0.05, 0) is 30.9 Å². The summed E-state index contributed by atoms with van der Waals surface area (Å²) < 4.78 is 0. The van der Waals surface area contributed by atoms with E-state index in [4.69, 9.17) is 5.73 Å². The van der Waals surface area contributed by atoms with Crippen molar-refractivity contribution < 1.29 is 10.2 Å². The average Bonchev–Trinajstić information content (AvgIpc) is 2.21. The van der Waals surface area contributed by atoms with Gasteiger partial charge in [-0.3, -0.25) is 0 Å². The van der Waals surface area contributed by atoms with Crippen LogP contribution in [0.15, 0.2) is 18.2 Å². The standard InChI is InChI=1S/C12H19NO2/c1-8-3-4-12(15)11(5-8)9(2)6-10(14)7-13/h3-5,9-10,14-15H,6-7,13H2,1-2H3. The van der Waals surface area contributed by atoms with E-state index in [0.717, 1.165) is 11.1 Å². The van der Waals surface area contributed by atoms with Crippen molar-refractivity contribution >= 4 is 0 Å². The van der Waals surface area contributed by atoms with Crippen LogP contribution in [0.5, 0.6) is 5.75 Å². The molecule has 0 heterocycles. The summed E-state index contributed by atoms with van der Waals surface area (Å²) in [4.78, 5) is 0. The van der Waals surface area contributed by atoms with Gasteiger partial charge >= 0.3 is 0 Å². The van der Waals surface area contributed by atoms with E-state index in [-0.39, 0.29) is 18.2 Å². The molecule has 0 saturated heterocycles. The number of phenols is 1. The summed E-state index contributed by atoms with van der Waals surface area (Å²) in [5, 5.41) is 19.1. The van der Waals surface area contributed by atoms with Gasteiger partial charge in [0.15, 0.2) is 0 Å². The minimum atomic E-state index is -0.500. The molecular formula is C12H19NO2. The van der Waals surface area contributed by atoms with Gasteiger partial charge in [0.25, 0.3) is 0 Å². The Balaban J connectivity index is 2.80. The van der Waals surface area contributed by atoms with Gasteiger partial charge in [-0.1, -0.05) is 24.6 Å². The number of aryl methyl sites for hydroxylation is 1. The minimum absolute atomic E-state index is 0.114. The summed E-state index contributed by atoms with van der Waals surface area (Å²) in [5.74, 6) is 0.403. The highest BCUT2D eigenvalue weighted by Crippen LogP contribution is 2.29. The second kappa shape index (κ2) is 5.14. The Hall–Kier alpha value is -1.06. The van der Waals surface area contributed by atoms with Crippen molar-refractivity contribution in [3.8, 4) is 5.75 Å².